The summed E-state index contributed by atoms with van der Waals surface area (Å²) < 4.78 is 24.4. The van der Waals surface area contributed by atoms with Gasteiger partial charge in [-0.2, -0.15) is 0 Å². The van der Waals surface area contributed by atoms with Crippen LogP contribution in [0.2, 0.25) is 5.02 Å². The van der Waals surface area contributed by atoms with Crippen LogP contribution in [-0.4, -0.2) is 83.6 Å². The summed E-state index contributed by atoms with van der Waals surface area (Å²) in [5.41, 5.74) is 1.34. The van der Waals surface area contributed by atoms with Crippen molar-refractivity contribution in [3.63, 3.8) is 0 Å². The Bertz CT molecular complexity index is 1310. The molecule has 2 heterocycles. The number of fused-ring (bicyclic) bond motifs is 2. The highest BCUT2D eigenvalue weighted by Crippen LogP contribution is 2.32. The Kier molecular flexibility index (Phi) is 9.24. The lowest BCUT2D eigenvalue weighted by atomic mass is 9.99. The lowest BCUT2D eigenvalue weighted by molar-refractivity contribution is -0.140. The molecular formula is C30H36ClFN4O5. The van der Waals surface area contributed by atoms with Gasteiger partial charge in [-0.3, -0.25) is 14.5 Å². The van der Waals surface area contributed by atoms with Gasteiger partial charge in [0.25, 0.3) is 0 Å². The van der Waals surface area contributed by atoms with E-state index in [2.05, 4.69) is 10.2 Å². The number of ether oxygens (including phenoxy) is 2. The molecule has 1 N–H and O–H groups in total. The first-order valence-corrected chi connectivity index (χ1v) is 13.8. The van der Waals surface area contributed by atoms with Crippen LogP contribution in [0, 0.1) is 5.82 Å². The van der Waals surface area contributed by atoms with Gasteiger partial charge in [-0.25, -0.2) is 9.18 Å². The maximum absolute atomic E-state index is 13.6. The zero-order valence-electron chi connectivity index (χ0n) is 23.9. The smallest absolute Gasteiger partial charge is 0.410 e. The van der Waals surface area contributed by atoms with Gasteiger partial charge in [0.05, 0.1) is 24.2 Å². The van der Waals surface area contributed by atoms with Crippen LogP contribution in [0.15, 0.2) is 42.5 Å². The van der Waals surface area contributed by atoms with Crippen LogP contribution in [0.4, 0.5) is 14.9 Å². The van der Waals surface area contributed by atoms with Crippen LogP contribution in [0.25, 0.3) is 6.08 Å². The van der Waals surface area contributed by atoms with E-state index in [4.69, 9.17) is 21.1 Å². The number of nitrogens with zero attached hydrogens (tertiary/aromatic N) is 3. The van der Waals surface area contributed by atoms with Gasteiger partial charge < -0.3 is 24.6 Å². The van der Waals surface area contributed by atoms with E-state index in [1.54, 1.807) is 35.2 Å². The van der Waals surface area contributed by atoms with E-state index in [-0.39, 0.29) is 29.7 Å². The molecule has 2 atom stereocenters. The lowest BCUT2D eigenvalue weighted by Crippen LogP contribution is -2.70. The van der Waals surface area contributed by atoms with Crippen molar-refractivity contribution in [2.75, 3.05) is 38.6 Å². The molecule has 0 aliphatic carbocycles. The predicted molar refractivity (Wildman–Crippen MR) is 155 cm³/mol. The highest BCUT2D eigenvalue weighted by atomic mass is 35.5. The number of carbonyl (C=O) groups is 3. The summed E-state index contributed by atoms with van der Waals surface area (Å²) in [4.78, 5) is 44.0. The molecule has 2 aromatic rings. The quantitative estimate of drug-likeness (QED) is 0.490. The van der Waals surface area contributed by atoms with Gasteiger partial charge in [-0.15, -0.1) is 0 Å². The Morgan fingerprint density at radius 1 is 1.07 bits per heavy atom. The molecule has 2 aliphatic rings. The number of benzene rings is 2. The second kappa shape index (κ2) is 12.5. The molecule has 2 aromatic carbocycles. The monoisotopic (exact) mass is 586 g/mol. The zero-order valence-corrected chi connectivity index (χ0v) is 24.7. The van der Waals surface area contributed by atoms with Crippen molar-refractivity contribution in [3.05, 3.63) is 64.4 Å². The van der Waals surface area contributed by atoms with Crippen molar-refractivity contribution in [3.8, 4) is 5.75 Å². The molecule has 220 valence electrons. The van der Waals surface area contributed by atoms with Gasteiger partial charge in [0.15, 0.2) is 0 Å². The SMILES string of the molecule is COc1cc(/C=C/C(=O)N2C3CN(Cc4ccc(F)cc4)CC2CN(C(=O)OC(C)(C)C)C3)c(NC(C)=O)cc1Cl. The number of nitrogens with one attached hydrogen (secondary N) is 1. The van der Waals surface area contributed by atoms with E-state index in [9.17, 15) is 18.8 Å². The van der Waals surface area contributed by atoms with Gasteiger partial charge in [-0.05, 0) is 56.7 Å². The summed E-state index contributed by atoms with van der Waals surface area (Å²) >= 11 is 6.25. The van der Waals surface area contributed by atoms with E-state index >= 15 is 0 Å². The van der Waals surface area contributed by atoms with E-state index in [0.717, 1.165) is 5.56 Å². The summed E-state index contributed by atoms with van der Waals surface area (Å²) in [7, 11) is 1.49. The Morgan fingerprint density at radius 3 is 2.27 bits per heavy atom. The van der Waals surface area contributed by atoms with Crippen LogP contribution in [0.1, 0.15) is 38.8 Å². The molecule has 41 heavy (non-hydrogen) atoms. The van der Waals surface area contributed by atoms with Gasteiger partial charge in [0.1, 0.15) is 17.2 Å². The molecule has 4 rings (SSSR count). The average molecular weight is 587 g/mol. The topological polar surface area (TPSA) is 91.4 Å². The highest BCUT2D eigenvalue weighted by molar-refractivity contribution is 6.32. The molecule has 9 nitrogen and oxygen atoms in total. The van der Waals surface area contributed by atoms with E-state index in [0.29, 0.717) is 54.7 Å². The number of piperazine rings is 2. The third-order valence-corrected chi connectivity index (χ3v) is 7.15. The lowest BCUT2D eigenvalue weighted by Gasteiger charge is -2.52. The summed E-state index contributed by atoms with van der Waals surface area (Å²) in [6.07, 6.45) is 2.68. The number of anilines is 1. The van der Waals surface area contributed by atoms with Crippen molar-refractivity contribution >= 4 is 41.3 Å². The summed E-state index contributed by atoms with van der Waals surface area (Å²) in [5.74, 6) is -0.373. The Balaban J connectivity index is 1.57. The summed E-state index contributed by atoms with van der Waals surface area (Å²) in [5, 5.41) is 3.06. The van der Waals surface area contributed by atoms with E-state index in [1.165, 1.54) is 32.2 Å². The van der Waals surface area contributed by atoms with Crippen molar-refractivity contribution < 1.29 is 28.2 Å². The molecule has 2 fully saturated rings. The Labute approximate surface area is 244 Å². The molecule has 3 amide bonds. The van der Waals surface area contributed by atoms with Crippen molar-refractivity contribution in [2.24, 2.45) is 0 Å². The number of hydrogen-bond acceptors (Lipinski definition) is 6. The second-order valence-corrected chi connectivity index (χ2v) is 11.8. The van der Waals surface area contributed by atoms with Crippen LogP contribution in [0.3, 0.4) is 0 Å². The minimum Gasteiger partial charge on any atom is -0.495 e. The molecule has 0 aromatic heterocycles. The maximum atomic E-state index is 13.6. The molecule has 11 heteroatoms. The Hall–Kier alpha value is -3.63. The molecule has 0 spiro atoms. The second-order valence-electron chi connectivity index (χ2n) is 11.3. The summed E-state index contributed by atoms with van der Waals surface area (Å²) in [6.45, 7) is 9.14. The molecule has 2 bridgehead atoms. The number of amides is 3. The molecule has 0 saturated carbocycles. The standard InChI is InChI=1S/C30H36ClFN4O5/c1-19(37)33-26-13-25(31)27(40-5)12-21(26)8-11-28(38)36-23-15-34(14-20-6-9-22(32)10-7-20)16-24(36)18-35(17-23)29(39)41-30(2,3)4/h6-13,23-24H,14-18H2,1-5H3,(H,33,37)/b11-8+. The Morgan fingerprint density at radius 2 is 1.71 bits per heavy atom. The van der Waals surface area contributed by atoms with E-state index in [1.807, 2.05) is 25.7 Å². The summed E-state index contributed by atoms with van der Waals surface area (Å²) in [6, 6.07) is 9.04. The third kappa shape index (κ3) is 7.77. The molecule has 2 aliphatic heterocycles. The average Bonchev–Trinajstić information content (AvgIpc) is 2.87. The normalized spacial score (nSPS) is 19.3. The van der Waals surface area contributed by atoms with Crippen LogP contribution >= 0.6 is 11.6 Å². The van der Waals surface area contributed by atoms with Crippen LogP contribution in [-0.2, 0) is 20.9 Å². The van der Waals surface area contributed by atoms with Gasteiger partial charge >= 0.3 is 6.09 Å². The maximum Gasteiger partial charge on any atom is 0.410 e. The van der Waals surface area contributed by atoms with Crippen molar-refractivity contribution in [2.45, 2.75) is 51.9 Å². The number of rotatable bonds is 6. The number of methoxy groups -OCH3 is 1. The molecule has 2 saturated heterocycles. The largest absolute Gasteiger partial charge is 0.495 e. The van der Waals surface area contributed by atoms with Crippen LogP contribution < -0.4 is 10.1 Å². The zero-order chi connectivity index (χ0) is 29.9. The van der Waals surface area contributed by atoms with E-state index < -0.39 is 11.7 Å². The van der Waals surface area contributed by atoms with Gasteiger partial charge in [0, 0.05) is 57.0 Å². The number of hydrogen-bond donors (Lipinski definition) is 1. The van der Waals surface area contributed by atoms with Crippen LogP contribution in [0.5, 0.6) is 5.75 Å². The fourth-order valence-electron chi connectivity index (χ4n) is 5.24. The first-order valence-electron chi connectivity index (χ1n) is 13.4. The first-order chi connectivity index (χ1) is 19.3. The molecular weight excluding hydrogens is 551 g/mol. The van der Waals surface area contributed by atoms with Gasteiger partial charge in [-0.1, -0.05) is 23.7 Å². The minimum atomic E-state index is -0.637. The molecule has 0 radical (unpaired) electrons. The fourth-order valence-corrected chi connectivity index (χ4v) is 5.48. The number of carbonyl (C=O) groups excluding carboxylic acids is 3. The first kappa shape index (κ1) is 30.3. The third-order valence-electron chi connectivity index (χ3n) is 6.85. The van der Waals surface area contributed by atoms with Gasteiger partial charge in [0.2, 0.25) is 11.8 Å². The fraction of sp³-hybridized carbons (Fsp3) is 0.433. The highest BCUT2D eigenvalue weighted by Gasteiger charge is 2.44. The molecule has 2 unspecified atom stereocenters. The minimum absolute atomic E-state index is 0.215. The van der Waals surface area contributed by atoms with Crippen molar-refractivity contribution in [1.29, 1.82) is 0 Å². The number of halogens is 2. The predicted octanol–water partition coefficient (Wildman–Crippen LogP) is 4.79. The van der Waals surface area contributed by atoms with Crippen molar-refractivity contribution in [1.82, 2.24) is 14.7 Å².